The second-order valence-electron chi connectivity index (χ2n) is 7.24. The summed E-state index contributed by atoms with van der Waals surface area (Å²) in [5.41, 5.74) is 1.15. The molecule has 9 heteroatoms. The van der Waals surface area contributed by atoms with Crippen LogP contribution in [-0.4, -0.2) is 36.0 Å². The number of rotatable bonds is 5. The van der Waals surface area contributed by atoms with Gasteiger partial charge in [-0.05, 0) is 53.9 Å². The molecule has 1 aliphatic heterocycles. The smallest absolute Gasteiger partial charge is 0.301 e. The van der Waals surface area contributed by atoms with Gasteiger partial charge in [-0.15, -0.1) is 11.3 Å². The Morgan fingerprint density at radius 3 is 2.42 bits per heavy atom. The Bertz CT molecular complexity index is 1390. The van der Waals surface area contributed by atoms with Crippen molar-refractivity contribution in [1.29, 1.82) is 0 Å². The van der Waals surface area contributed by atoms with E-state index in [1.807, 2.05) is 29.6 Å². The summed E-state index contributed by atoms with van der Waals surface area (Å²) in [5.74, 6) is -0.423. The van der Waals surface area contributed by atoms with Crippen LogP contribution < -0.4 is 14.4 Å². The molecule has 1 fully saturated rings. The average Bonchev–Trinajstić information content (AvgIpc) is 3.57. The van der Waals surface area contributed by atoms with Gasteiger partial charge in [-0.2, -0.15) is 0 Å². The lowest BCUT2D eigenvalue weighted by Crippen LogP contribution is -2.28. The first-order valence-electron chi connectivity index (χ1n) is 9.95. The summed E-state index contributed by atoms with van der Waals surface area (Å²) in [4.78, 5) is 33.1. The summed E-state index contributed by atoms with van der Waals surface area (Å²) in [6, 6.07) is 15.0. The number of thiophene rings is 1. The number of aromatic nitrogens is 1. The van der Waals surface area contributed by atoms with E-state index in [4.69, 9.17) is 9.47 Å². The Balaban J connectivity index is 1.67. The van der Waals surface area contributed by atoms with Crippen LogP contribution in [0.2, 0.25) is 0 Å². The number of aliphatic hydroxyl groups is 1. The number of aliphatic hydroxyl groups excluding tert-OH is 1. The van der Waals surface area contributed by atoms with Gasteiger partial charge < -0.3 is 14.6 Å². The molecule has 1 unspecified atom stereocenters. The molecule has 166 valence electrons. The number of methoxy groups -OCH3 is 2. The molecule has 0 spiro atoms. The van der Waals surface area contributed by atoms with E-state index in [-0.39, 0.29) is 11.3 Å². The third kappa shape index (κ3) is 3.55. The molecule has 33 heavy (non-hydrogen) atoms. The van der Waals surface area contributed by atoms with Crippen molar-refractivity contribution in [3.05, 3.63) is 76.0 Å². The summed E-state index contributed by atoms with van der Waals surface area (Å²) >= 11 is 2.69. The second-order valence-corrected chi connectivity index (χ2v) is 9.23. The van der Waals surface area contributed by atoms with E-state index in [1.54, 1.807) is 44.6 Å². The molecule has 4 aromatic rings. The lowest BCUT2D eigenvalue weighted by Gasteiger charge is -2.21. The number of hydrogen-bond donors (Lipinski definition) is 1. The average molecular weight is 479 g/mol. The van der Waals surface area contributed by atoms with Gasteiger partial charge in [0.2, 0.25) is 0 Å². The molecule has 2 aromatic carbocycles. The fourth-order valence-electron chi connectivity index (χ4n) is 3.77. The quantitative estimate of drug-likeness (QED) is 0.247. The number of thiazole rings is 1. The maximum absolute atomic E-state index is 13.2. The highest BCUT2D eigenvalue weighted by atomic mass is 32.1. The molecule has 1 saturated heterocycles. The lowest BCUT2D eigenvalue weighted by molar-refractivity contribution is -0.132. The molecular weight excluding hydrogens is 460 g/mol. The number of benzene rings is 2. The van der Waals surface area contributed by atoms with Crippen LogP contribution in [0.1, 0.15) is 16.5 Å². The molecule has 0 radical (unpaired) electrons. The zero-order valence-corrected chi connectivity index (χ0v) is 19.3. The van der Waals surface area contributed by atoms with Crippen molar-refractivity contribution < 1.29 is 24.2 Å². The molecule has 0 saturated carbocycles. The number of Topliss-reactive ketones (excluding diaryl/α,β-unsaturated/α-hetero) is 1. The van der Waals surface area contributed by atoms with Gasteiger partial charge in [0.05, 0.1) is 30.0 Å². The number of carbonyl (C=O) groups excluding carboxylic acids is 2. The number of ether oxygens (including phenoxy) is 2. The number of nitrogens with zero attached hydrogens (tertiary/aromatic N) is 2. The van der Waals surface area contributed by atoms with Crippen LogP contribution in [0.25, 0.3) is 16.0 Å². The van der Waals surface area contributed by atoms with Gasteiger partial charge in [0.1, 0.15) is 23.3 Å². The number of amides is 1. The van der Waals surface area contributed by atoms with Crippen LogP contribution in [0.5, 0.6) is 11.5 Å². The molecule has 0 bridgehead atoms. The van der Waals surface area contributed by atoms with Crippen LogP contribution >= 0.6 is 22.7 Å². The first-order valence-corrected chi connectivity index (χ1v) is 11.6. The maximum Gasteiger partial charge on any atom is 0.301 e. The van der Waals surface area contributed by atoms with Crippen molar-refractivity contribution in [3.63, 3.8) is 0 Å². The highest BCUT2D eigenvalue weighted by molar-refractivity contribution is 7.22. The zero-order valence-electron chi connectivity index (χ0n) is 17.6. The van der Waals surface area contributed by atoms with E-state index in [1.165, 1.54) is 27.6 Å². The fraction of sp³-hybridized carbons (Fsp3) is 0.125. The summed E-state index contributed by atoms with van der Waals surface area (Å²) in [6.45, 7) is 0. The standard InChI is InChI=1S/C24H18N2O5S2/c1-30-14-7-5-13(6-8-14)21(27)19-20(17-4-3-11-32-17)26(23(29)22(19)28)24-25-16-10-9-15(31-2)12-18(16)33-24/h3-12,20,27H,1-2H3/b21-19+. The third-order valence-electron chi connectivity index (χ3n) is 5.41. The van der Waals surface area contributed by atoms with Crippen molar-refractivity contribution in [3.8, 4) is 11.5 Å². The van der Waals surface area contributed by atoms with Gasteiger partial charge in [0.25, 0.3) is 5.78 Å². The van der Waals surface area contributed by atoms with Gasteiger partial charge in [-0.25, -0.2) is 4.98 Å². The number of ketones is 1. The Hall–Kier alpha value is -3.69. The molecule has 3 heterocycles. The molecular formula is C24H18N2O5S2. The zero-order chi connectivity index (χ0) is 23.1. The predicted molar refractivity (Wildman–Crippen MR) is 128 cm³/mol. The molecule has 1 aliphatic rings. The van der Waals surface area contributed by atoms with E-state index in [0.717, 1.165) is 9.58 Å². The molecule has 1 atom stereocenters. The van der Waals surface area contributed by atoms with E-state index < -0.39 is 17.7 Å². The number of hydrogen-bond acceptors (Lipinski definition) is 8. The van der Waals surface area contributed by atoms with Gasteiger partial charge in [0, 0.05) is 10.4 Å². The van der Waals surface area contributed by atoms with Crippen molar-refractivity contribution in [2.45, 2.75) is 6.04 Å². The van der Waals surface area contributed by atoms with Crippen molar-refractivity contribution in [2.75, 3.05) is 19.1 Å². The molecule has 5 rings (SSSR count). The van der Waals surface area contributed by atoms with E-state index in [9.17, 15) is 14.7 Å². The maximum atomic E-state index is 13.2. The van der Waals surface area contributed by atoms with Gasteiger partial charge in [0.15, 0.2) is 5.13 Å². The minimum Gasteiger partial charge on any atom is -0.507 e. The largest absolute Gasteiger partial charge is 0.507 e. The Morgan fingerprint density at radius 1 is 1.03 bits per heavy atom. The fourth-order valence-corrected chi connectivity index (χ4v) is 5.62. The highest BCUT2D eigenvalue weighted by Gasteiger charge is 2.48. The first kappa shape index (κ1) is 21.2. The summed E-state index contributed by atoms with van der Waals surface area (Å²) < 4.78 is 11.3. The first-order chi connectivity index (χ1) is 16.0. The molecule has 1 amide bonds. The van der Waals surface area contributed by atoms with Crippen LogP contribution in [-0.2, 0) is 9.59 Å². The summed E-state index contributed by atoms with van der Waals surface area (Å²) in [7, 11) is 3.13. The van der Waals surface area contributed by atoms with Crippen molar-refractivity contribution in [2.24, 2.45) is 0 Å². The Kier molecular flexibility index (Phi) is 5.35. The van der Waals surface area contributed by atoms with Gasteiger partial charge >= 0.3 is 5.91 Å². The van der Waals surface area contributed by atoms with E-state index >= 15 is 0 Å². The molecule has 1 N–H and O–H groups in total. The van der Waals surface area contributed by atoms with Crippen molar-refractivity contribution >= 4 is 55.5 Å². The van der Waals surface area contributed by atoms with E-state index in [0.29, 0.717) is 27.7 Å². The third-order valence-corrected chi connectivity index (χ3v) is 7.35. The van der Waals surface area contributed by atoms with Gasteiger partial charge in [-0.3, -0.25) is 14.5 Å². The number of fused-ring (bicyclic) bond motifs is 1. The van der Waals surface area contributed by atoms with Crippen LogP contribution in [0, 0.1) is 0 Å². The second kappa shape index (κ2) is 8.34. The topological polar surface area (TPSA) is 89.0 Å². The SMILES string of the molecule is COc1ccc(/C(O)=C2\C(=O)C(=O)N(c3nc4ccc(OC)cc4s3)C2c2cccs2)cc1. The van der Waals surface area contributed by atoms with Gasteiger partial charge in [-0.1, -0.05) is 17.4 Å². The number of carbonyl (C=O) groups is 2. The minimum absolute atomic E-state index is 0.0319. The summed E-state index contributed by atoms with van der Waals surface area (Å²) in [6.07, 6.45) is 0. The normalized spacial score (nSPS) is 17.6. The summed E-state index contributed by atoms with van der Waals surface area (Å²) in [5, 5.41) is 13.4. The lowest BCUT2D eigenvalue weighted by atomic mass is 10.00. The molecule has 7 nitrogen and oxygen atoms in total. The molecule has 2 aromatic heterocycles. The van der Waals surface area contributed by atoms with Crippen LogP contribution in [0.3, 0.4) is 0 Å². The van der Waals surface area contributed by atoms with Crippen LogP contribution in [0.4, 0.5) is 5.13 Å². The highest BCUT2D eigenvalue weighted by Crippen LogP contribution is 2.45. The Labute approximate surface area is 197 Å². The monoisotopic (exact) mass is 478 g/mol. The van der Waals surface area contributed by atoms with Crippen LogP contribution in [0.15, 0.2) is 65.6 Å². The minimum atomic E-state index is -0.783. The Morgan fingerprint density at radius 2 is 1.76 bits per heavy atom. The van der Waals surface area contributed by atoms with Crippen molar-refractivity contribution in [1.82, 2.24) is 4.98 Å². The molecule has 0 aliphatic carbocycles. The predicted octanol–water partition coefficient (Wildman–Crippen LogP) is 5.00. The number of anilines is 1. The van der Waals surface area contributed by atoms with E-state index in [2.05, 4.69) is 4.98 Å².